The van der Waals surface area contributed by atoms with E-state index in [2.05, 4.69) is 15.6 Å². The summed E-state index contributed by atoms with van der Waals surface area (Å²) in [6.07, 6.45) is -5.58. The fraction of sp³-hybridized carbons (Fsp3) is 0.500. The normalized spacial score (nSPS) is 12.6. The SMILES string of the molecule is COc1cc(C(C)C(=O)NCc2ccc(C(F)(F)F)nc2OC(C)C)ccc1CNC(=O)OC(C)(C)C. The van der Waals surface area contributed by atoms with Gasteiger partial charge in [-0.2, -0.15) is 13.2 Å². The maximum Gasteiger partial charge on any atom is 0.433 e. The van der Waals surface area contributed by atoms with E-state index in [9.17, 15) is 22.8 Å². The summed E-state index contributed by atoms with van der Waals surface area (Å²) in [5.74, 6) is -0.648. The van der Waals surface area contributed by atoms with Gasteiger partial charge < -0.3 is 24.8 Å². The highest BCUT2D eigenvalue weighted by Gasteiger charge is 2.33. The van der Waals surface area contributed by atoms with Gasteiger partial charge in [-0.1, -0.05) is 12.1 Å². The second-order valence-electron chi connectivity index (χ2n) is 9.69. The Kier molecular flexibility index (Phi) is 9.77. The van der Waals surface area contributed by atoms with Gasteiger partial charge in [0.05, 0.1) is 19.1 Å². The largest absolute Gasteiger partial charge is 0.496 e. The van der Waals surface area contributed by atoms with Gasteiger partial charge in [-0.3, -0.25) is 4.79 Å². The standard InChI is InChI=1S/C26H34F3N3O5/c1-15(2)36-23-19(10-11-21(32-23)26(27,28)29)14-30-22(33)16(3)17-8-9-18(20(12-17)35-7)13-31-24(34)37-25(4,5)6/h8-12,15-16H,13-14H2,1-7H3,(H,30,33)(H,31,34). The number of carbonyl (C=O) groups excluding carboxylic acids is 2. The fourth-order valence-corrected chi connectivity index (χ4v) is 3.23. The smallest absolute Gasteiger partial charge is 0.433 e. The molecule has 2 aromatic rings. The van der Waals surface area contributed by atoms with Crippen LogP contribution in [0.3, 0.4) is 0 Å². The van der Waals surface area contributed by atoms with Crippen LogP contribution in [-0.2, 0) is 28.8 Å². The van der Waals surface area contributed by atoms with E-state index in [4.69, 9.17) is 14.2 Å². The minimum absolute atomic E-state index is 0.0641. The number of methoxy groups -OCH3 is 1. The summed E-state index contributed by atoms with van der Waals surface area (Å²) in [5, 5.41) is 5.39. The number of nitrogens with one attached hydrogen (secondary N) is 2. The first-order valence-corrected chi connectivity index (χ1v) is 11.8. The number of hydrogen-bond donors (Lipinski definition) is 2. The number of amides is 2. The molecular formula is C26H34F3N3O5. The molecule has 0 radical (unpaired) electrons. The van der Waals surface area contributed by atoms with Crippen molar-refractivity contribution in [3.63, 3.8) is 0 Å². The number of aromatic nitrogens is 1. The molecule has 204 valence electrons. The third-order valence-corrected chi connectivity index (χ3v) is 5.06. The van der Waals surface area contributed by atoms with Crippen LogP contribution in [0.1, 0.15) is 69.8 Å². The fourth-order valence-electron chi connectivity index (χ4n) is 3.23. The Morgan fingerprint density at radius 1 is 0.973 bits per heavy atom. The molecule has 8 nitrogen and oxygen atoms in total. The molecule has 0 saturated carbocycles. The third kappa shape index (κ3) is 9.14. The first-order chi connectivity index (χ1) is 17.1. The van der Waals surface area contributed by atoms with Crippen LogP contribution in [-0.4, -0.2) is 35.8 Å². The molecule has 37 heavy (non-hydrogen) atoms. The molecule has 0 aliphatic heterocycles. The van der Waals surface area contributed by atoms with Crippen molar-refractivity contribution in [1.29, 1.82) is 0 Å². The number of rotatable bonds is 9. The minimum Gasteiger partial charge on any atom is -0.496 e. The van der Waals surface area contributed by atoms with Gasteiger partial charge in [-0.15, -0.1) is 0 Å². The van der Waals surface area contributed by atoms with E-state index >= 15 is 0 Å². The summed E-state index contributed by atoms with van der Waals surface area (Å²) in [4.78, 5) is 28.4. The van der Waals surface area contributed by atoms with Crippen molar-refractivity contribution in [2.24, 2.45) is 0 Å². The quantitative estimate of drug-likeness (QED) is 0.459. The molecular weight excluding hydrogens is 491 g/mol. The number of halogens is 3. The van der Waals surface area contributed by atoms with Crippen LogP contribution >= 0.6 is 0 Å². The van der Waals surface area contributed by atoms with Crippen molar-refractivity contribution in [3.8, 4) is 11.6 Å². The molecule has 1 heterocycles. The number of hydrogen-bond acceptors (Lipinski definition) is 6. The van der Waals surface area contributed by atoms with E-state index in [1.807, 2.05) is 0 Å². The molecule has 0 saturated heterocycles. The highest BCUT2D eigenvalue weighted by atomic mass is 19.4. The third-order valence-electron chi connectivity index (χ3n) is 5.06. The predicted molar refractivity (Wildman–Crippen MR) is 131 cm³/mol. The first-order valence-electron chi connectivity index (χ1n) is 11.8. The number of nitrogens with zero attached hydrogens (tertiary/aromatic N) is 1. The maximum absolute atomic E-state index is 13.1. The van der Waals surface area contributed by atoms with E-state index in [-0.39, 0.29) is 24.9 Å². The minimum atomic E-state index is -4.61. The Morgan fingerprint density at radius 2 is 1.59 bits per heavy atom. The Hall–Kier alpha value is -3.50. The molecule has 0 bridgehead atoms. The van der Waals surface area contributed by atoms with Crippen molar-refractivity contribution in [2.75, 3.05) is 7.11 Å². The van der Waals surface area contributed by atoms with Gasteiger partial charge in [0.15, 0.2) is 0 Å². The summed E-state index contributed by atoms with van der Waals surface area (Å²) < 4.78 is 55.3. The molecule has 2 rings (SSSR count). The summed E-state index contributed by atoms with van der Waals surface area (Å²) in [7, 11) is 1.48. The molecule has 0 aliphatic rings. The molecule has 0 aliphatic carbocycles. The number of alkyl carbamates (subject to hydrolysis) is 1. The van der Waals surface area contributed by atoms with Crippen LogP contribution in [0.4, 0.5) is 18.0 Å². The van der Waals surface area contributed by atoms with E-state index in [0.29, 0.717) is 22.4 Å². The van der Waals surface area contributed by atoms with Crippen LogP contribution in [0.25, 0.3) is 0 Å². The van der Waals surface area contributed by atoms with Crippen LogP contribution in [0.15, 0.2) is 30.3 Å². The van der Waals surface area contributed by atoms with Gasteiger partial charge in [-0.05, 0) is 65.3 Å². The topological polar surface area (TPSA) is 98.8 Å². The van der Waals surface area contributed by atoms with Crippen LogP contribution < -0.4 is 20.1 Å². The summed E-state index contributed by atoms with van der Waals surface area (Å²) in [6.45, 7) is 10.4. The average Bonchev–Trinajstić information content (AvgIpc) is 2.79. The highest BCUT2D eigenvalue weighted by Crippen LogP contribution is 2.31. The van der Waals surface area contributed by atoms with Crippen LogP contribution in [0, 0.1) is 0 Å². The van der Waals surface area contributed by atoms with E-state index < -0.39 is 35.6 Å². The molecule has 1 aromatic carbocycles. The van der Waals surface area contributed by atoms with Crippen molar-refractivity contribution in [1.82, 2.24) is 15.6 Å². The monoisotopic (exact) mass is 525 g/mol. The lowest BCUT2D eigenvalue weighted by Crippen LogP contribution is -2.32. The van der Waals surface area contributed by atoms with Gasteiger partial charge >= 0.3 is 12.3 Å². The summed E-state index contributed by atoms with van der Waals surface area (Å²) in [5.41, 5.74) is -0.0298. The van der Waals surface area contributed by atoms with E-state index in [0.717, 1.165) is 6.07 Å². The molecule has 0 spiro atoms. The average molecular weight is 526 g/mol. The molecule has 1 unspecified atom stereocenters. The zero-order chi connectivity index (χ0) is 28.0. The van der Waals surface area contributed by atoms with Gasteiger partial charge in [0.25, 0.3) is 0 Å². The van der Waals surface area contributed by atoms with Gasteiger partial charge in [0.2, 0.25) is 11.8 Å². The molecule has 1 aromatic heterocycles. The lowest BCUT2D eigenvalue weighted by Gasteiger charge is -2.20. The number of benzene rings is 1. The number of pyridine rings is 1. The lowest BCUT2D eigenvalue weighted by atomic mass is 9.98. The van der Waals surface area contributed by atoms with Crippen molar-refractivity contribution in [2.45, 2.75) is 78.4 Å². The predicted octanol–water partition coefficient (Wildman–Crippen LogP) is 5.34. The van der Waals surface area contributed by atoms with E-state index in [1.54, 1.807) is 59.7 Å². The Bertz CT molecular complexity index is 1100. The van der Waals surface area contributed by atoms with Crippen LogP contribution in [0.2, 0.25) is 0 Å². The second-order valence-corrected chi connectivity index (χ2v) is 9.69. The lowest BCUT2D eigenvalue weighted by molar-refractivity contribution is -0.141. The summed E-state index contributed by atoms with van der Waals surface area (Å²) in [6, 6.07) is 7.28. The Labute approximate surface area is 214 Å². The Balaban J connectivity index is 2.10. The van der Waals surface area contributed by atoms with Crippen LogP contribution in [0.5, 0.6) is 11.6 Å². The zero-order valence-corrected chi connectivity index (χ0v) is 22.1. The highest BCUT2D eigenvalue weighted by molar-refractivity contribution is 5.83. The molecule has 1 atom stereocenters. The van der Waals surface area contributed by atoms with Gasteiger partial charge in [-0.25, -0.2) is 9.78 Å². The van der Waals surface area contributed by atoms with Gasteiger partial charge in [0, 0.05) is 24.2 Å². The molecule has 11 heteroatoms. The second kappa shape index (κ2) is 12.2. The van der Waals surface area contributed by atoms with Crippen molar-refractivity contribution >= 4 is 12.0 Å². The molecule has 0 fully saturated rings. The van der Waals surface area contributed by atoms with Gasteiger partial charge in [0.1, 0.15) is 17.0 Å². The first kappa shape index (κ1) is 29.7. The number of alkyl halides is 3. The maximum atomic E-state index is 13.1. The number of ether oxygens (including phenoxy) is 3. The Morgan fingerprint density at radius 3 is 2.16 bits per heavy atom. The van der Waals surface area contributed by atoms with Crippen molar-refractivity contribution < 1.29 is 37.0 Å². The molecule has 2 amide bonds. The number of carbonyl (C=O) groups is 2. The molecule has 2 N–H and O–H groups in total. The zero-order valence-electron chi connectivity index (χ0n) is 22.1. The van der Waals surface area contributed by atoms with Crippen molar-refractivity contribution in [3.05, 3.63) is 52.7 Å². The summed E-state index contributed by atoms with van der Waals surface area (Å²) >= 11 is 0. The van der Waals surface area contributed by atoms with E-state index in [1.165, 1.54) is 13.2 Å².